The lowest BCUT2D eigenvalue weighted by Crippen LogP contribution is -2.30. The van der Waals surface area contributed by atoms with Crippen molar-refractivity contribution < 1.29 is 22.4 Å². The van der Waals surface area contributed by atoms with Gasteiger partial charge in [-0.25, -0.2) is 12.8 Å². The Morgan fingerprint density at radius 2 is 1.81 bits per heavy atom. The zero-order valence-electron chi connectivity index (χ0n) is 17.4. The number of imide groups is 1. The zero-order valence-corrected chi connectivity index (χ0v) is 18.2. The second-order valence-corrected chi connectivity index (χ2v) is 9.07. The van der Waals surface area contributed by atoms with E-state index in [9.17, 15) is 22.4 Å². The molecule has 0 radical (unpaired) electrons. The van der Waals surface area contributed by atoms with Crippen LogP contribution in [0.15, 0.2) is 59.6 Å². The molecule has 0 fully saturated rings. The second kappa shape index (κ2) is 8.16. The molecule has 0 saturated heterocycles. The van der Waals surface area contributed by atoms with Gasteiger partial charge in [-0.2, -0.15) is 0 Å². The van der Waals surface area contributed by atoms with Crippen molar-refractivity contribution >= 4 is 27.5 Å². The molecule has 1 aliphatic heterocycles. The fraction of sp³-hybridized carbons (Fsp3) is 0.174. The largest absolute Gasteiger partial charge is 0.280 e. The summed E-state index contributed by atoms with van der Waals surface area (Å²) in [5.74, 6) is -1.96. The number of sulfonamides is 1. The van der Waals surface area contributed by atoms with Gasteiger partial charge < -0.3 is 0 Å². The number of pyridine rings is 1. The quantitative estimate of drug-likeness (QED) is 0.575. The van der Waals surface area contributed by atoms with E-state index in [1.165, 1.54) is 18.3 Å². The summed E-state index contributed by atoms with van der Waals surface area (Å²) < 4.78 is 43.2. The summed E-state index contributed by atoms with van der Waals surface area (Å²) in [5.41, 5.74) is 2.20. The number of hydrogen-bond acceptors (Lipinski definition) is 5. The number of anilines is 1. The molecular weight excluding hydrogens is 433 g/mol. The van der Waals surface area contributed by atoms with Crippen LogP contribution in [0.1, 0.15) is 44.5 Å². The number of para-hydroxylation sites is 1. The molecule has 2 aromatic carbocycles. The fourth-order valence-corrected chi connectivity index (χ4v) is 5.11. The summed E-state index contributed by atoms with van der Waals surface area (Å²) in [6, 6.07) is 11.7. The molecule has 4 rings (SSSR count). The third kappa shape index (κ3) is 3.75. The number of amides is 2. The van der Waals surface area contributed by atoms with E-state index < -0.39 is 27.7 Å². The lowest BCUT2D eigenvalue weighted by atomic mass is 10.1. The predicted octanol–water partition coefficient (Wildman–Crippen LogP) is 3.69. The maximum atomic E-state index is 14.1. The Labute approximate surface area is 185 Å². The van der Waals surface area contributed by atoms with Crippen molar-refractivity contribution in [2.24, 2.45) is 0 Å². The van der Waals surface area contributed by atoms with Crippen LogP contribution in [0.5, 0.6) is 0 Å². The van der Waals surface area contributed by atoms with Crippen molar-refractivity contribution in [1.29, 1.82) is 0 Å². The first-order chi connectivity index (χ1) is 15.2. The van der Waals surface area contributed by atoms with Crippen molar-refractivity contribution in [3.8, 4) is 0 Å². The molecule has 9 heteroatoms. The van der Waals surface area contributed by atoms with E-state index >= 15 is 0 Å². The van der Waals surface area contributed by atoms with Crippen LogP contribution in [-0.4, -0.2) is 30.1 Å². The molecule has 0 unspecified atom stereocenters. The molecule has 32 heavy (non-hydrogen) atoms. The molecule has 0 saturated carbocycles. The lowest BCUT2D eigenvalue weighted by molar-refractivity contribution is 0.0639. The molecule has 1 aliphatic rings. The summed E-state index contributed by atoms with van der Waals surface area (Å²) in [6.45, 7) is 3.34. The van der Waals surface area contributed by atoms with E-state index in [0.717, 1.165) is 28.2 Å². The van der Waals surface area contributed by atoms with Crippen LogP contribution in [0.25, 0.3) is 0 Å². The van der Waals surface area contributed by atoms with Crippen LogP contribution in [0.2, 0.25) is 0 Å². The van der Waals surface area contributed by atoms with E-state index in [-0.39, 0.29) is 28.3 Å². The minimum Gasteiger partial charge on any atom is -0.279 e. The molecule has 0 bridgehead atoms. The van der Waals surface area contributed by atoms with E-state index in [4.69, 9.17) is 0 Å². The molecule has 3 aromatic rings. The topological polar surface area (TPSA) is 96.4 Å². The average Bonchev–Trinajstić information content (AvgIpc) is 3.01. The standard InChI is InChI=1S/C23H20FN3O4S/c1-3-15-7-4-6-14(2)20(15)26-32(30,31)19-12-17(24)10-9-16(19)13-27-22(28)18-8-5-11-25-21(18)23(27)29/h4-12,26H,3,13H2,1-2H3. The van der Waals surface area contributed by atoms with Gasteiger partial charge in [-0.15, -0.1) is 0 Å². The van der Waals surface area contributed by atoms with Crippen molar-refractivity contribution in [3.63, 3.8) is 0 Å². The monoisotopic (exact) mass is 453 g/mol. The van der Waals surface area contributed by atoms with E-state index in [2.05, 4.69) is 9.71 Å². The number of fused-ring (bicyclic) bond motifs is 1. The third-order valence-corrected chi connectivity index (χ3v) is 6.79. The Morgan fingerprint density at radius 1 is 1.03 bits per heavy atom. The van der Waals surface area contributed by atoms with Crippen molar-refractivity contribution in [2.75, 3.05) is 4.72 Å². The Balaban J connectivity index is 1.72. The Kier molecular flexibility index (Phi) is 5.52. The molecule has 164 valence electrons. The number of aryl methyl sites for hydroxylation is 2. The van der Waals surface area contributed by atoms with Crippen LogP contribution in [-0.2, 0) is 23.0 Å². The van der Waals surface area contributed by atoms with Crippen LogP contribution in [0.3, 0.4) is 0 Å². The minimum atomic E-state index is -4.22. The van der Waals surface area contributed by atoms with E-state index in [1.54, 1.807) is 19.1 Å². The molecular formula is C23H20FN3O4S. The number of aromatic nitrogens is 1. The van der Waals surface area contributed by atoms with Crippen molar-refractivity contribution in [1.82, 2.24) is 9.88 Å². The third-order valence-electron chi connectivity index (χ3n) is 5.35. The molecule has 0 aliphatic carbocycles. The molecule has 7 nitrogen and oxygen atoms in total. The van der Waals surface area contributed by atoms with Gasteiger partial charge in [0, 0.05) is 6.20 Å². The number of nitrogens with one attached hydrogen (secondary N) is 1. The highest BCUT2D eigenvalue weighted by molar-refractivity contribution is 7.92. The Bertz CT molecular complexity index is 1320. The molecule has 2 heterocycles. The van der Waals surface area contributed by atoms with Gasteiger partial charge in [0.2, 0.25) is 0 Å². The van der Waals surface area contributed by atoms with Gasteiger partial charge in [0.05, 0.1) is 22.7 Å². The molecule has 1 N–H and O–H groups in total. The second-order valence-electron chi connectivity index (χ2n) is 7.42. The highest BCUT2D eigenvalue weighted by Gasteiger charge is 2.37. The van der Waals surface area contributed by atoms with Gasteiger partial charge in [0.15, 0.2) is 0 Å². The lowest BCUT2D eigenvalue weighted by Gasteiger charge is -2.19. The average molecular weight is 453 g/mol. The molecule has 0 spiro atoms. The summed E-state index contributed by atoms with van der Waals surface area (Å²) in [5, 5.41) is 0. The van der Waals surface area contributed by atoms with Gasteiger partial charge in [0.25, 0.3) is 21.8 Å². The summed E-state index contributed by atoms with van der Waals surface area (Å²) in [7, 11) is -4.22. The van der Waals surface area contributed by atoms with Crippen LogP contribution in [0, 0.1) is 12.7 Å². The van der Waals surface area contributed by atoms with Crippen LogP contribution >= 0.6 is 0 Å². The normalized spacial score (nSPS) is 13.4. The minimum absolute atomic E-state index is 0.00893. The van der Waals surface area contributed by atoms with Gasteiger partial charge in [-0.3, -0.25) is 24.2 Å². The molecule has 0 atom stereocenters. The smallest absolute Gasteiger partial charge is 0.279 e. The van der Waals surface area contributed by atoms with Gasteiger partial charge in [-0.05, 0) is 54.3 Å². The van der Waals surface area contributed by atoms with Crippen molar-refractivity contribution in [2.45, 2.75) is 31.7 Å². The van der Waals surface area contributed by atoms with E-state index in [0.29, 0.717) is 12.1 Å². The maximum Gasteiger partial charge on any atom is 0.280 e. The van der Waals surface area contributed by atoms with Gasteiger partial charge >= 0.3 is 0 Å². The molecule has 1 aromatic heterocycles. The number of halogens is 1. The zero-order chi connectivity index (χ0) is 23.0. The first-order valence-electron chi connectivity index (χ1n) is 9.94. The SMILES string of the molecule is CCc1cccc(C)c1NS(=O)(=O)c1cc(F)ccc1CN1C(=O)c2cccnc2C1=O. The van der Waals surface area contributed by atoms with Gasteiger partial charge in [0.1, 0.15) is 11.5 Å². The van der Waals surface area contributed by atoms with Crippen molar-refractivity contribution in [3.05, 3.63) is 88.5 Å². The van der Waals surface area contributed by atoms with Crippen LogP contribution in [0.4, 0.5) is 10.1 Å². The Morgan fingerprint density at radius 3 is 2.53 bits per heavy atom. The Hall–Kier alpha value is -3.59. The first-order valence-corrected chi connectivity index (χ1v) is 11.4. The number of rotatable bonds is 6. The first kappa shape index (κ1) is 21.6. The van der Waals surface area contributed by atoms with Crippen LogP contribution < -0.4 is 4.72 Å². The number of benzene rings is 2. The number of hydrogen-bond donors (Lipinski definition) is 1. The number of nitrogens with zero attached hydrogens (tertiary/aromatic N) is 2. The van der Waals surface area contributed by atoms with E-state index in [1.807, 2.05) is 19.1 Å². The fourth-order valence-electron chi connectivity index (χ4n) is 3.70. The highest BCUT2D eigenvalue weighted by atomic mass is 32.2. The molecule has 2 amide bonds. The summed E-state index contributed by atoms with van der Waals surface area (Å²) in [6.07, 6.45) is 2.00. The number of carbonyl (C=O) groups is 2. The maximum absolute atomic E-state index is 14.1. The summed E-state index contributed by atoms with van der Waals surface area (Å²) in [4.78, 5) is 29.9. The van der Waals surface area contributed by atoms with Gasteiger partial charge in [-0.1, -0.05) is 31.2 Å². The number of carbonyl (C=O) groups excluding carboxylic acids is 2. The summed E-state index contributed by atoms with van der Waals surface area (Å²) >= 11 is 0. The predicted molar refractivity (Wildman–Crippen MR) is 116 cm³/mol. The highest BCUT2D eigenvalue weighted by Crippen LogP contribution is 2.29.